The fraction of sp³-hybridized carbons (Fsp3) is 0.143. The van der Waals surface area contributed by atoms with Gasteiger partial charge in [-0.05, 0) is 36.8 Å². The number of hydrogen-bond donors (Lipinski definition) is 0. The summed E-state index contributed by atoms with van der Waals surface area (Å²) in [5.41, 5.74) is 1.41. The molecule has 2 rings (SSSR count). The molecule has 0 saturated heterocycles. The highest BCUT2D eigenvalue weighted by atomic mass is 35.5. The van der Waals surface area contributed by atoms with Gasteiger partial charge >= 0.3 is 5.97 Å². The molecule has 0 spiro atoms. The van der Waals surface area contributed by atoms with E-state index in [1.54, 1.807) is 37.4 Å². The van der Waals surface area contributed by atoms with Crippen molar-refractivity contribution in [1.82, 2.24) is 4.98 Å². The van der Waals surface area contributed by atoms with E-state index in [0.717, 1.165) is 5.39 Å². The first-order valence-electron chi connectivity index (χ1n) is 5.70. The molecule has 1 aromatic carbocycles. The van der Waals surface area contributed by atoms with E-state index in [1.807, 2.05) is 0 Å². The summed E-state index contributed by atoms with van der Waals surface area (Å²) in [6.07, 6.45) is 4.55. The molecule has 0 unspecified atom stereocenters. The fourth-order valence-electron chi connectivity index (χ4n) is 1.63. The Morgan fingerprint density at radius 3 is 2.89 bits per heavy atom. The van der Waals surface area contributed by atoms with Gasteiger partial charge < -0.3 is 4.74 Å². The maximum atomic E-state index is 11.3. The topological polar surface area (TPSA) is 39.2 Å². The number of carbonyl (C=O) groups is 1. The molecule has 2 aromatic rings. The lowest BCUT2D eigenvalue weighted by Gasteiger charge is -2.04. The first-order valence-corrected chi connectivity index (χ1v) is 6.46. The molecule has 0 radical (unpaired) electrons. The van der Waals surface area contributed by atoms with Crippen LogP contribution in [0, 0.1) is 0 Å². The van der Waals surface area contributed by atoms with Gasteiger partial charge in [0, 0.05) is 22.7 Å². The van der Waals surface area contributed by atoms with Crippen LogP contribution in [0.3, 0.4) is 0 Å². The van der Waals surface area contributed by atoms with Crippen LogP contribution in [-0.4, -0.2) is 17.6 Å². The highest BCUT2D eigenvalue weighted by Crippen LogP contribution is 2.28. The average molecular weight is 296 g/mol. The minimum absolute atomic E-state index is 0.338. The molecule has 0 saturated carbocycles. The van der Waals surface area contributed by atoms with Crippen molar-refractivity contribution in [2.75, 3.05) is 6.61 Å². The minimum Gasteiger partial charge on any atom is -0.463 e. The zero-order chi connectivity index (χ0) is 13.8. The van der Waals surface area contributed by atoms with Crippen molar-refractivity contribution >= 4 is 46.2 Å². The highest BCUT2D eigenvalue weighted by molar-refractivity contribution is 6.36. The lowest BCUT2D eigenvalue weighted by Crippen LogP contribution is -1.98. The Kier molecular flexibility index (Phi) is 4.40. The van der Waals surface area contributed by atoms with E-state index in [0.29, 0.717) is 27.7 Å². The predicted molar refractivity (Wildman–Crippen MR) is 77.4 cm³/mol. The smallest absolute Gasteiger partial charge is 0.330 e. The highest BCUT2D eigenvalue weighted by Gasteiger charge is 2.05. The Morgan fingerprint density at radius 1 is 1.37 bits per heavy atom. The van der Waals surface area contributed by atoms with Crippen LogP contribution in [0.4, 0.5) is 0 Å². The molecule has 1 heterocycles. The molecule has 0 aliphatic heterocycles. The molecule has 3 nitrogen and oxygen atoms in total. The normalized spacial score (nSPS) is 11.1. The first-order chi connectivity index (χ1) is 9.11. The Labute approximate surface area is 120 Å². The number of hydrogen-bond acceptors (Lipinski definition) is 3. The monoisotopic (exact) mass is 295 g/mol. The molecular weight excluding hydrogens is 285 g/mol. The second kappa shape index (κ2) is 6.04. The van der Waals surface area contributed by atoms with Gasteiger partial charge in [0.15, 0.2) is 0 Å². The standard InChI is InChI=1S/C14H11Cl2NO2/c1-2-19-14(18)4-3-9-7-10-11(15)5-6-17-13(10)8-12(9)16/h3-8H,2H2,1H3/b4-3+. The van der Waals surface area contributed by atoms with Crippen molar-refractivity contribution in [2.24, 2.45) is 0 Å². The molecule has 0 amide bonds. The van der Waals surface area contributed by atoms with Gasteiger partial charge in [0.25, 0.3) is 0 Å². The molecule has 0 aliphatic rings. The fourth-order valence-corrected chi connectivity index (χ4v) is 2.05. The minimum atomic E-state index is -0.407. The second-order valence-corrected chi connectivity index (χ2v) is 4.58. The van der Waals surface area contributed by atoms with Crippen LogP contribution in [0.2, 0.25) is 10.0 Å². The van der Waals surface area contributed by atoms with Crippen LogP contribution in [-0.2, 0) is 9.53 Å². The van der Waals surface area contributed by atoms with Crippen LogP contribution in [0.1, 0.15) is 12.5 Å². The Balaban J connectivity index is 2.41. The van der Waals surface area contributed by atoms with Crippen molar-refractivity contribution in [2.45, 2.75) is 6.92 Å². The number of halogens is 2. The lowest BCUT2D eigenvalue weighted by atomic mass is 10.1. The molecule has 0 aliphatic carbocycles. The molecule has 0 atom stereocenters. The number of aromatic nitrogens is 1. The van der Waals surface area contributed by atoms with E-state index in [1.165, 1.54) is 6.08 Å². The maximum Gasteiger partial charge on any atom is 0.330 e. The van der Waals surface area contributed by atoms with Crippen molar-refractivity contribution in [1.29, 1.82) is 0 Å². The van der Waals surface area contributed by atoms with Gasteiger partial charge in [-0.25, -0.2) is 4.79 Å². The predicted octanol–water partition coefficient (Wildman–Crippen LogP) is 4.12. The largest absolute Gasteiger partial charge is 0.463 e. The van der Waals surface area contributed by atoms with E-state index in [-0.39, 0.29) is 0 Å². The number of fused-ring (bicyclic) bond motifs is 1. The summed E-state index contributed by atoms with van der Waals surface area (Å²) in [5.74, 6) is -0.407. The van der Waals surface area contributed by atoms with Crippen molar-refractivity contribution in [3.63, 3.8) is 0 Å². The number of rotatable bonds is 3. The van der Waals surface area contributed by atoms with Crippen LogP contribution in [0.25, 0.3) is 17.0 Å². The summed E-state index contributed by atoms with van der Waals surface area (Å²) >= 11 is 12.2. The van der Waals surface area contributed by atoms with Crippen molar-refractivity contribution < 1.29 is 9.53 Å². The molecule has 0 N–H and O–H groups in total. The van der Waals surface area contributed by atoms with Gasteiger partial charge in [-0.15, -0.1) is 0 Å². The summed E-state index contributed by atoms with van der Waals surface area (Å²) in [6.45, 7) is 2.09. The summed E-state index contributed by atoms with van der Waals surface area (Å²) in [5, 5.41) is 1.88. The number of benzene rings is 1. The van der Waals surface area contributed by atoms with Gasteiger partial charge in [-0.2, -0.15) is 0 Å². The average Bonchev–Trinajstić information content (AvgIpc) is 2.37. The third-order valence-corrected chi connectivity index (χ3v) is 3.15. The van der Waals surface area contributed by atoms with Gasteiger partial charge in [0.05, 0.1) is 17.1 Å². The van der Waals surface area contributed by atoms with Crippen molar-refractivity contribution in [3.8, 4) is 0 Å². The SMILES string of the molecule is CCOC(=O)/C=C/c1cc2c(Cl)ccnc2cc1Cl. The number of nitrogens with zero attached hydrogens (tertiary/aromatic N) is 1. The third kappa shape index (κ3) is 3.25. The first kappa shape index (κ1) is 13.8. The number of ether oxygens (including phenoxy) is 1. The van der Waals surface area contributed by atoms with Crippen LogP contribution in [0.15, 0.2) is 30.5 Å². The molecule has 98 valence electrons. The maximum absolute atomic E-state index is 11.3. The molecule has 19 heavy (non-hydrogen) atoms. The lowest BCUT2D eigenvalue weighted by molar-refractivity contribution is -0.137. The van der Waals surface area contributed by atoms with Gasteiger partial charge in [-0.1, -0.05) is 23.2 Å². The molecule has 0 bridgehead atoms. The number of carbonyl (C=O) groups excluding carboxylic acids is 1. The summed E-state index contributed by atoms with van der Waals surface area (Å²) in [7, 11) is 0. The van der Waals surface area contributed by atoms with E-state index >= 15 is 0 Å². The summed E-state index contributed by atoms with van der Waals surface area (Å²) in [4.78, 5) is 15.5. The van der Waals surface area contributed by atoms with Crippen LogP contribution >= 0.6 is 23.2 Å². The molecule has 1 aromatic heterocycles. The quantitative estimate of drug-likeness (QED) is 0.632. The molecular formula is C14H11Cl2NO2. The van der Waals surface area contributed by atoms with E-state index in [2.05, 4.69) is 4.98 Å². The summed E-state index contributed by atoms with van der Waals surface area (Å²) in [6, 6.07) is 5.22. The zero-order valence-electron chi connectivity index (χ0n) is 10.2. The van der Waals surface area contributed by atoms with Crippen LogP contribution in [0.5, 0.6) is 0 Å². The van der Waals surface area contributed by atoms with Gasteiger partial charge in [-0.3, -0.25) is 4.98 Å². The molecule has 0 fully saturated rings. The van der Waals surface area contributed by atoms with Crippen molar-refractivity contribution in [3.05, 3.63) is 46.1 Å². The number of esters is 1. The Morgan fingerprint density at radius 2 is 2.16 bits per heavy atom. The van der Waals surface area contributed by atoms with E-state index in [9.17, 15) is 4.79 Å². The number of pyridine rings is 1. The summed E-state index contributed by atoms with van der Waals surface area (Å²) < 4.78 is 4.81. The zero-order valence-corrected chi connectivity index (χ0v) is 11.7. The van der Waals surface area contributed by atoms with E-state index in [4.69, 9.17) is 27.9 Å². The second-order valence-electron chi connectivity index (χ2n) is 3.77. The Bertz CT molecular complexity index is 653. The van der Waals surface area contributed by atoms with Gasteiger partial charge in [0.1, 0.15) is 0 Å². The third-order valence-electron chi connectivity index (χ3n) is 2.49. The van der Waals surface area contributed by atoms with Crippen LogP contribution < -0.4 is 0 Å². The van der Waals surface area contributed by atoms with Gasteiger partial charge in [0.2, 0.25) is 0 Å². The van der Waals surface area contributed by atoms with E-state index < -0.39 is 5.97 Å². The molecule has 5 heteroatoms. The Hall–Kier alpha value is -1.58.